The molecule has 3 fully saturated rings. The second kappa shape index (κ2) is 10.0. The maximum atomic E-state index is 13.7. The van der Waals surface area contributed by atoms with Crippen molar-refractivity contribution < 1.29 is 19.1 Å². The highest BCUT2D eigenvalue weighted by Gasteiger charge is 2.60. The van der Waals surface area contributed by atoms with Gasteiger partial charge >= 0.3 is 12.1 Å². The highest BCUT2D eigenvalue weighted by molar-refractivity contribution is 7.81. The molecule has 0 atom stereocenters. The molecule has 1 aliphatic carbocycles. The molecule has 3 aliphatic rings. The van der Waals surface area contributed by atoms with Crippen molar-refractivity contribution in [1.82, 2.24) is 19.9 Å². The molecule has 11 nitrogen and oxygen atoms in total. The first-order chi connectivity index (χ1) is 18.5. The lowest BCUT2D eigenvalue weighted by atomic mass is 9.75. The van der Waals surface area contributed by atoms with Crippen LogP contribution >= 0.6 is 12.2 Å². The molecule has 39 heavy (non-hydrogen) atoms. The number of hydrogen-bond donors (Lipinski definition) is 0. The number of ether oxygens (including phenoxy) is 2. The molecule has 2 aromatic rings. The minimum absolute atomic E-state index is 0.104. The van der Waals surface area contributed by atoms with Gasteiger partial charge in [-0.3, -0.25) is 14.6 Å². The second-order valence-corrected chi connectivity index (χ2v) is 11.5. The van der Waals surface area contributed by atoms with E-state index >= 15 is 0 Å². The number of aryl methyl sites for hydroxylation is 1. The number of piperidine rings is 1. The molecule has 204 valence electrons. The zero-order chi connectivity index (χ0) is 27.9. The molecule has 1 spiro atoms. The van der Waals surface area contributed by atoms with E-state index in [1.807, 2.05) is 25.7 Å². The summed E-state index contributed by atoms with van der Waals surface area (Å²) in [5.41, 5.74) is 0.535. The molecule has 1 saturated carbocycles. The summed E-state index contributed by atoms with van der Waals surface area (Å²) < 4.78 is 11.5. The molecule has 2 aromatic heterocycles. The van der Waals surface area contributed by atoms with E-state index in [2.05, 4.69) is 19.8 Å². The lowest BCUT2D eigenvalue weighted by Crippen LogP contribution is -2.55. The van der Waals surface area contributed by atoms with Crippen molar-refractivity contribution in [2.24, 2.45) is 0 Å². The number of aromatic nitrogens is 3. The summed E-state index contributed by atoms with van der Waals surface area (Å²) in [6.45, 7) is 15.7. The minimum atomic E-state index is -0.774. The van der Waals surface area contributed by atoms with E-state index in [0.29, 0.717) is 66.6 Å². The van der Waals surface area contributed by atoms with Crippen LogP contribution in [0, 0.1) is 13.5 Å². The predicted octanol–water partition coefficient (Wildman–Crippen LogP) is 4.57. The number of anilines is 2. The summed E-state index contributed by atoms with van der Waals surface area (Å²) in [6, 6.07) is 2.00. The van der Waals surface area contributed by atoms with Crippen LogP contribution in [0.4, 0.5) is 22.0 Å². The Kier molecular flexibility index (Phi) is 6.88. The molecule has 2 aliphatic heterocycles. The number of rotatable bonds is 4. The molecular formula is C27H31N7O4S. The summed E-state index contributed by atoms with van der Waals surface area (Å²) in [7, 11) is 0. The molecule has 4 heterocycles. The Morgan fingerprint density at radius 1 is 1.13 bits per heavy atom. The Morgan fingerprint density at radius 3 is 2.31 bits per heavy atom. The first kappa shape index (κ1) is 26.7. The van der Waals surface area contributed by atoms with Gasteiger partial charge < -0.3 is 19.2 Å². The number of likely N-dealkylation sites (tertiary alicyclic amines) is 1. The highest BCUT2D eigenvalue weighted by atomic mass is 32.1. The summed E-state index contributed by atoms with van der Waals surface area (Å²) in [5.74, 6) is 0.193. The molecule has 0 aromatic carbocycles. The molecule has 5 rings (SSSR count). The Balaban J connectivity index is 1.27. The SMILES string of the molecule is [C-]#[N+]c1ncc(N2C(=O)C3(CCC3)N(c3cnc(OC4CCN(C(=O)OC(C)(C)C)CC4)nc3)C2=S)cc1C. The lowest BCUT2D eigenvalue weighted by Gasteiger charge is -2.42. The zero-order valence-electron chi connectivity index (χ0n) is 22.5. The molecule has 2 amide bonds. The third kappa shape index (κ3) is 4.98. The van der Waals surface area contributed by atoms with Gasteiger partial charge in [0.05, 0.1) is 23.8 Å². The molecule has 12 heteroatoms. The third-order valence-electron chi connectivity index (χ3n) is 7.23. The van der Waals surface area contributed by atoms with Gasteiger partial charge in [-0.15, -0.1) is 4.98 Å². The minimum Gasteiger partial charge on any atom is -0.460 e. The number of carbonyl (C=O) groups is 2. The van der Waals surface area contributed by atoms with Gasteiger partial charge in [0.25, 0.3) is 11.7 Å². The van der Waals surface area contributed by atoms with Gasteiger partial charge in [0, 0.05) is 25.9 Å². The number of amides is 2. The van der Waals surface area contributed by atoms with E-state index in [9.17, 15) is 9.59 Å². The zero-order valence-corrected chi connectivity index (χ0v) is 23.3. The van der Waals surface area contributed by atoms with Crippen LogP contribution in [0.25, 0.3) is 4.85 Å². The number of thiocarbonyl (C=S) groups is 1. The topological polar surface area (TPSA) is 105 Å². The summed E-state index contributed by atoms with van der Waals surface area (Å²) in [4.78, 5) is 47.5. The number of carbonyl (C=O) groups excluding carboxylic acids is 2. The Hall–Kier alpha value is -3.85. The van der Waals surface area contributed by atoms with Crippen molar-refractivity contribution >= 4 is 46.5 Å². The van der Waals surface area contributed by atoms with E-state index in [1.165, 1.54) is 11.1 Å². The van der Waals surface area contributed by atoms with Gasteiger partial charge in [0.2, 0.25) is 0 Å². The Labute approximate surface area is 232 Å². The summed E-state index contributed by atoms with van der Waals surface area (Å²) >= 11 is 5.80. The fourth-order valence-electron chi connectivity index (χ4n) is 5.12. The number of pyridine rings is 1. The van der Waals surface area contributed by atoms with Crippen molar-refractivity contribution in [3.63, 3.8) is 0 Å². The van der Waals surface area contributed by atoms with Crippen LogP contribution < -0.4 is 14.5 Å². The van der Waals surface area contributed by atoms with E-state index in [4.69, 9.17) is 28.3 Å². The lowest BCUT2D eigenvalue weighted by molar-refractivity contribution is -0.123. The first-order valence-electron chi connectivity index (χ1n) is 13.0. The summed E-state index contributed by atoms with van der Waals surface area (Å²) in [6.07, 6.45) is 7.89. The van der Waals surface area contributed by atoms with Gasteiger partial charge in [0.15, 0.2) is 5.11 Å². The predicted molar refractivity (Wildman–Crippen MR) is 148 cm³/mol. The molecule has 2 saturated heterocycles. The van der Waals surface area contributed by atoms with Crippen molar-refractivity contribution in [1.29, 1.82) is 0 Å². The van der Waals surface area contributed by atoms with E-state index in [0.717, 1.165) is 6.42 Å². The monoisotopic (exact) mass is 549 g/mol. The third-order valence-corrected chi connectivity index (χ3v) is 7.60. The quantitative estimate of drug-likeness (QED) is 0.401. The van der Waals surface area contributed by atoms with Crippen LogP contribution in [0.15, 0.2) is 24.7 Å². The number of nitrogens with zero attached hydrogens (tertiary/aromatic N) is 7. The van der Waals surface area contributed by atoms with Crippen LogP contribution in [0.5, 0.6) is 6.01 Å². The average Bonchev–Trinajstić information content (AvgIpc) is 3.10. The van der Waals surface area contributed by atoms with E-state index in [-0.39, 0.29) is 24.1 Å². The van der Waals surface area contributed by atoms with Crippen LogP contribution in [0.3, 0.4) is 0 Å². The van der Waals surface area contributed by atoms with Crippen molar-refractivity contribution in [2.45, 2.75) is 77.0 Å². The van der Waals surface area contributed by atoms with E-state index in [1.54, 1.807) is 30.3 Å². The van der Waals surface area contributed by atoms with Gasteiger partial charge in [-0.25, -0.2) is 14.8 Å². The summed E-state index contributed by atoms with van der Waals surface area (Å²) in [5, 5.41) is 0.336. The Bertz CT molecular complexity index is 1340. The van der Waals surface area contributed by atoms with Gasteiger partial charge in [-0.05, 0) is 70.8 Å². The number of hydrogen-bond acceptors (Lipinski definition) is 8. The standard InChI is InChI=1S/C27H31N7O4S/c1-17-13-18(14-29-21(17)28-5)33-22(35)27(9-6-10-27)34(24(33)39)19-15-30-23(31-16-19)37-20-7-11-32(12-8-20)25(36)38-26(2,3)4/h13-16,20H,6-12H2,1-4H3. The van der Waals surface area contributed by atoms with Crippen LogP contribution in [-0.2, 0) is 9.53 Å². The first-order valence-corrected chi connectivity index (χ1v) is 13.4. The molecular weight excluding hydrogens is 518 g/mol. The fraction of sp³-hybridized carbons (Fsp3) is 0.519. The van der Waals surface area contributed by atoms with Crippen LogP contribution in [-0.4, -0.2) is 67.3 Å². The maximum Gasteiger partial charge on any atom is 0.410 e. The van der Waals surface area contributed by atoms with Crippen LogP contribution in [0.2, 0.25) is 0 Å². The van der Waals surface area contributed by atoms with Gasteiger partial charge in [-0.1, -0.05) is 6.57 Å². The largest absolute Gasteiger partial charge is 0.460 e. The van der Waals surface area contributed by atoms with Crippen molar-refractivity contribution in [2.75, 3.05) is 22.9 Å². The Morgan fingerprint density at radius 2 is 1.77 bits per heavy atom. The van der Waals surface area contributed by atoms with Gasteiger partial charge in [-0.2, -0.15) is 0 Å². The van der Waals surface area contributed by atoms with Crippen molar-refractivity contribution in [3.8, 4) is 6.01 Å². The van der Waals surface area contributed by atoms with Crippen molar-refractivity contribution in [3.05, 3.63) is 41.6 Å². The van der Waals surface area contributed by atoms with Crippen LogP contribution in [0.1, 0.15) is 58.4 Å². The van der Waals surface area contributed by atoms with E-state index < -0.39 is 11.1 Å². The second-order valence-electron chi connectivity index (χ2n) is 11.1. The maximum absolute atomic E-state index is 13.7. The van der Waals surface area contributed by atoms with Gasteiger partial charge in [0.1, 0.15) is 23.4 Å². The smallest absolute Gasteiger partial charge is 0.410 e. The molecule has 0 radical (unpaired) electrons. The molecule has 0 unspecified atom stereocenters. The normalized spacial score (nSPS) is 19.2. The fourth-order valence-corrected chi connectivity index (χ4v) is 5.59. The average molecular weight is 550 g/mol. The molecule has 0 N–H and O–H groups in total. The molecule has 0 bridgehead atoms. The highest BCUT2D eigenvalue weighted by Crippen LogP contribution is 2.47.